The summed E-state index contributed by atoms with van der Waals surface area (Å²) in [4.78, 5) is 4.63. The fourth-order valence-corrected chi connectivity index (χ4v) is 4.02. The van der Waals surface area contributed by atoms with Gasteiger partial charge in [0.2, 0.25) is 0 Å². The Morgan fingerprint density at radius 2 is 1.55 bits per heavy atom. The van der Waals surface area contributed by atoms with Crippen LogP contribution in [-0.2, 0) is 19.5 Å². The quantitative estimate of drug-likeness (QED) is 0.273. The Hall–Kier alpha value is -2.45. The van der Waals surface area contributed by atoms with Crippen molar-refractivity contribution in [1.29, 1.82) is 0 Å². The van der Waals surface area contributed by atoms with Crippen LogP contribution in [0.25, 0.3) is 0 Å². The zero-order chi connectivity index (χ0) is 23.3. The minimum atomic E-state index is 0. The van der Waals surface area contributed by atoms with Gasteiger partial charge in [-0.1, -0.05) is 36.8 Å². The first-order valence-electron chi connectivity index (χ1n) is 11.3. The molecular weight excluding hydrogens is 493 g/mol. The second-order valence-electron chi connectivity index (χ2n) is 8.78. The van der Waals surface area contributed by atoms with Crippen LogP contribution in [0.1, 0.15) is 41.7 Å². The normalized spacial score (nSPS) is 12.8. The monoisotopic (exact) mass is 529 g/mol. The number of ether oxygens (including phenoxy) is 1. The van der Waals surface area contributed by atoms with Crippen molar-refractivity contribution in [2.45, 2.75) is 47.6 Å². The zero-order valence-corrected chi connectivity index (χ0v) is 22.4. The molecule has 1 fully saturated rings. The van der Waals surface area contributed by atoms with E-state index in [1.54, 1.807) is 0 Å². The van der Waals surface area contributed by atoms with Gasteiger partial charge in [0.15, 0.2) is 0 Å². The van der Waals surface area contributed by atoms with Gasteiger partial charge in [0, 0.05) is 24.5 Å². The van der Waals surface area contributed by atoms with Crippen LogP contribution < -0.4 is 14.5 Å². The largest absolute Gasteiger partial charge is 3.00 e. The Morgan fingerprint density at radius 3 is 2.12 bits per heavy atom. The summed E-state index contributed by atoms with van der Waals surface area (Å²) in [6.07, 6.45) is 0.220. The number of hydrogen-bond donors (Lipinski definition) is 0. The van der Waals surface area contributed by atoms with E-state index in [1.165, 1.54) is 27.9 Å². The third-order valence-corrected chi connectivity index (χ3v) is 5.38. The molecule has 1 aliphatic heterocycles. The second-order valence-corrected chi connectivity index (χ2v) is 8.78. The molecule has 0 amide bonds. The smallest absolute Gasteiger partial charge is 0.548 e. The molecule has 1 radical (unpaired) electrons. The maximum atomic E-state index is 5.48. The van der Waals surface area contributed by atoms with Crippen molar-refractivity contribution in [1.82, 2.24) is 0 Å². The summed E-state index contributed by atoms with van der Waals surface area (Å²) in [5, 5.41) is 0. The van der Waals surface area contributed by atoms with Crippen LogP contribution in [0.3, 0.4) is 0 Å². The summed E-state index contributed by atoms with van der Waals surface area (Å²) in [5.74, 6) is 0.877. The minimum Gasteiger partial charge on any atom is -0.548 e. The number of aryl methyl sites for hydroxylation is 4. The van der Waals surface area contributed by atoms with Crippen molar-refractivity contribution in [3.05, 3.63) is 102 Å². The molecule has 3 aromatic rings. The average Bonchev–Trinajstić information content (AvgIpc) is 3.19. The number of hydrogen-bond acceptors (Lipinski definition) is 3. The minimum absolute atomic E-state index is 0. The molecule has 0 bridgehead atoms. The SMILES string of the molecule is Cc1c[c-]c(N2[CH-]N(c3c(C)cc(C)cc3C)CC2)cc1.[CH2-]c1ccccc1OC(C)C.[Ru+3]. The molecule has 4 rings (SSSR count). The summed E-state index contributed by atoms with van der Waals surface area (Å²) in [6, 6.07) is 22.0. The molecule has 4 heteroatoms. The van der Waals surface area contributed by atoms with Crippen LogP contribution in [-0.4, -0.2) is 19.2 Å². The average molecular weight is 529 g/mol. The summed E-state index contributed by atoms with van der Waals surface area (Å²) in [6.45, 7) is 20.8. The van der Waals surface area contributed by atoms with Crippen LogP contribution in [0.5, 0.6) is 5.75 Å². The van der Waals surface area contributed by atoms with Crippen LogP contribution in [0.4, 0.5) is 11.4 Å². The first-order valence-corrected chi connectivity index (χ1v) is 11.3. The van der Waals surface area contributed by atoms with Crippen molar-refractivity contribution in [3.8, 4) is 5.75 Å². The molecule has 3 nitrogen and oxygen atoms in total. The Labute approximate surface area is 213 Å². The standard InChI is InChI=1S/C19H22N2.C10H13O.Ru/c1-14-5-7-18(8-6-14)20-9-10-21(13-20)19-16(3)11-15(2)12-17(19)4;1-8(2)11-10-7-5-4-6-9(10)3;/h5-7,11-13H,9-10H2,1-4H3;4-8H,3H2,1-2H3;/q-2;-1;+3. The van der Waals surface area contributed by atoms with Gasteiger partial charge in [-0.3, -0.25) is 0 Å². The van der Waals surface area contributed by atoms with Gasteiger partial charge in [0.25, 0.3) is 0 Å². The predicted octanol–water partition coefficient (Wildman–Crippen LogP) is 6.82. The van der Waals surface area contributed by atoms with E-state index in [-0.39, 0.29) is 25.6 Å². The Balaban J connectivity index is 0.000000274. The molecule has 33 heavy (non-hydrogen) atoms. The van der Waals surface area contributed by atoms with Crippen molar-refractivity contribution in [2.24, 2.45) is 0 Å². The second kappa shape index (κ2) is 12.1. The molecular formula is C29H35N2ORu. The van der Waals surface area contributed by atoms with Crippen molar-refractivity contribution in [3.63, 3.8) is 0 Å². The molecule has 0 unspecified atom stereocenters. The molecule has 0 saturated carbocycles. The topological polar surface area (TPSA) is 15.7 Å². The van der Waals surface area contributed by atoms with Gasteiger partial charge in [-0.15, -0.1) is 11.8 Å². The third-order valence-electron chi connectivity index (χ3n) is 5.38. The Morgan fingerprint density at radius 1 is 0.909 bits per heavy atom. The fourth-order valence-electron chi connectivity index (χ4n) is 4.02. The third kappa shape index (κ3) is 7.27. The van der Waals surface area contributed by atoms with Gasteiger partial charge in [-0.25, -0.2) is 0 Å². The maximum Gasteiger partial charge on any atom is 3.00 e. The van der Waals surface area contributed by atoms with Gasteiger partial charge in [-0.05, 0) is 45.7 Å². The molecule has 3 aromatic carbocycles. The van der Waals surface area contributed by atoms with Gasteiger partial charge < -0.3 is 14.5 Å². The first-order chi connectivity index (χ1) is 15.2. The molecule has 0 spiro atoms. The summed E-state index contributed by atoms with van der Waals surface area (Å²) in [5.41, 5.74) is 8.70. The van der Waals surface area contributed by atoms with Crippen LogP contribution >= 0.6 is 0 Å². The van der Waals surface area contributed by atoms with Crippen molar-refractivity contribution >= 4 is 11.4 Å². The summed E-state index contributed by atoms with van der Waals surface area (Å²) >= 11 is 0. The molecule has 1 aliphatic rings. The van der Waals surface area contributed by atoms with E-state index in [2.05, 4.69) is 81.4 Å². The summed E-state index contributed by atoms with van der Waals surface area (Å²) < 4.78 is 5.48. The first kappa shape index (κ1) is 26.8. The van der Waals surface area contributed by atoms with E-state index in [0.29, 0.717) is 0 Å². The van der Waals surface area contributed by atoms with Crippen LogP contribution in [0, 0.1) is 47.4 Å². The molecule has 1 heterocycles. The van der Waals surface area contributed by atoms with E-state index in [4.69, 9.17) is 4.74 Å². The van der Waals surface area contributed by atoms with Gasteiger partial charge in [0.1, 0.15) is 0 Å². The van der Waals surface area contributed by atoms with Crippen LogP contribution in [0.15, 0.2) is 54.6 Å². The van der Waals surface area contributed by atoms with Crippen molar-refractivity contribution < 1.29 is 24.2 Å². The van der Waals surface area contributed by atoms with E-state index in [0.717, 1.165) is 30.1 Å². The van der Waals surface area contributed by atoms with Gasteiger partial charge in [0.05, 0.1) is 6.10 Å². The Bertz CT molecular complexity index is 1010. The molecule has 0 atom stereocenters. The molecule has 1 saturated heterocycles. The predicted molar refractivity (Wildman–Crippen MR) is 136 cm³/mol. The van der Waals surface area contributed by atoms with Crippen molar-refractivity contribution in [2.75, 3.05) is 22.9 Å². The molecule has 0 N–H and O–H groups in total. The number of rotatable bonds is 4. The van der Waals surface area contributed by atoms with E-state index in [9.17, 15) is 0 Å². The van der Waals surface area contributed by atoms with Crippen LogP contribution in [0.2, 0.25) is 0 Å². The molecule has 0 aromatic heterocycles. The number of para-hydroxylation sites is 1. The van der Waals surface area contributed by atoms with Gasteiger partial charge >= 0.3 is 19.5 Å². The number of nitrogens with zero attached hydrogens (tertiary/aromatic N) is 2. The molecule has 0 aliphatic carbocycles. The summed E-state index contributed by atoms with van der Waals surface area (Å²) in [7, 11) is 0. The fraction of sp³-hybridized carbons (Fsp3) is 0.310. The Kier molecular flexibility index (Phi) is 9.86. The molecule has 175 valence electrons. The zero-order valence-electron chi connectivity index (χ0n) is 20.6. The number of benzene rings is 3. The van der Waals surface area contributed by atoms with Gasteiger partial charge in [-0.2, -0.15) is 55.1 Å². The number of anilines is 2. The maximum absolute atomic E-state index is 5.48. The van der Waals surface area contributed by atoms with E-state index < -0.39 is 0 Å². The van der Waals surface area contributed by atoms with E-state index >= 15 is 0 Å². The van der Waals surface area contributed by atoms with E-state index in [1.807, 2.05) is 44.2 Å².